The molecule has 0 amide bonds. The summed E-state index contributed by atoms with van der Waals surface area (Å²) in [7, 11) is 0. The molecule has 0 fully saturated rings. The Hall–Kier alpha value is 2.28. The van der Waals surface area contributed by atoms with Gasteiger partial charge in [0.05, 0.1) is 0 Å². The third-order valence-electron chi connectivity index (χ3n) is 15.1. The van der Waals surface area contributed by atoms with Crippen LogP contribution in [0.4, 0.5) is 0 Å². The van der Waals surface area contributed by atoms with Gasteiger partial charge in [0.2, 0.25) is 0 Å². The Bertz CT molecular complexity index is 752. The van der Waals surface area contributed by atoms with E-state index in [4.69, 9.17) is 0 Å². The first-order valence-corrected chi connectivity index (χ1v) is 48.7. The van der Waals surface area contributed by atoms with Gasteiger partial charge in [-0.05, 0) is 0 Å². The first-order chi connectivity index (χ1) is 30.9. The first kappa shape index (κ1) is 73.8. The molecule has 0 aliphatic heterocycles. The molecule has 0 atom stereocenters. The molecule has 0 aliphatic carbocycles. The van der Waals surface area contributed by atoms with Crippen molar-refractivity contribution in [1.29, 1.82) is 0 Å². The molecule has 65 heavy (non-hydrogen) atoms. The van der Waals surface area contributed by atoms with Crippen molar-refractivity contribution in [3.63, 3.8) is 0 Å². The molecule has 0 heterocycles. The van der Waals surface area contributed by atoms with Gasteiger partial charge in [0.15, 0.2) is 0 Å². The van der Waals surface area contributed by atoms with Crippen LogP contribution in [0.15, 0.2) is 0 Å². The number of halogens is 2. The molecule has 0 aromatic heterocycles. The maximum atomic E-state index is 2.83. The Kier molecular flexibility index (Phi) is 70.9. The molecule has 0 saturated heterocycles. The van der Waals surface area contributed by atoms with E-state index in [9.17, 15) is 0 Å². The van der Waals surface area contributed by atoms with Gasteiger partial charge >= 0.3 is 417 Å². The van der Waals surface area contributed by atoms with Crippen molar-refractivity contribution in [3.05, 3.63) is 0 Å². The summed E-state index contributed by atoms with van der Waals surface area (Å²) in [5.74, 6) is 0. The van der Waals surface area contributed by atoms with E-state index < -0.39 is 39.1 Å². The molecule has 0 bridgehead atoms. The summed E-state index contributed by atoms with van der Waals surface area (Å²) in [5.41, 5.74) is 0. The van der Waals surface area contributed by atoms with Crippen molar-refractivity contribution in [2.45, 2.75) is 378 Å². The molecule has 0 aliphatic rings. The van der Waals surface area contributed by atoms with Crippen molar-refractivity contribution < 1.29 is 24.8 Å². The third kappa shape index (κ3) is 57.1. The number of unbranched alkanes of at least 4 members (excludes halogenated alkanes) is 39. The Balaban J connectivity index is -0.000000588. The van der Waals surface area contributed by atoms with Crippen LogP contribution >= 0.6 is 0 Å². The van der Waals surface area contributed by atoms with Crippen LogP contribution in [0.3, 0.4) is 0 Å². The van der Waals surface area contributed by atoms with Gasteiger partial charge in [-0.3, -0.25) is 0 Å². The molecule has 0 rings (SSSR count). The molecule has 0 aromatic carbocycles. The summed E-state index contributed by atoms with van der Waals surface area (Å²) >= 11 is -3.70. The van der Waals surface area contributed by atoms with Crippen LogP contribution < -0.4 is 24.8 Å². The van der Waals surface area contributed by atoms with Gasteiger partial charge in [0, 0.05) is 0 Å². The fourth-order valence-electron chi connectivity index (χ4n) is 10.4. The van der Waals surface area contributed by atoms with Crippen LogP contribution in [0.2, 0.25) is 34.5 Å². The van der Waals surface area contributed by atoms with Gasteiger partial charge in [0.1, 0.15) is 0 Å². The second-order valence-corrected chi connectivity index (χ2v) is 52.4. The van der Waals surface area contributed by atoms with E-state index in [0.717, 1.165) is 0 Å². The zero-order valence-electron chi connectivity index (χ0n) is 47.1. The van der Waals surface area contributed by atoms with Crippen molar-refractivity contribution in [3.8, 4) is 0 Å². The molecule has 0 nitrogen and oxygen atoms in total. The van der Waals surface area contributed by atoms with Crippen LogP contribution in [0.1, 0.15) is 344 Å². The summed E-state index contributed by atoms with van der Waals surface area (Å²) in [4.78, 5) is 0. The maximum Gasteiger partial charge on any atom is -1.00 e. The maximum absolute atomic E-state index is 2.83. The number of hydrogen-bond acceptors (Lipinski definition) is 0. The van der Waals surface area contributed by atoms with Crippen LogP contribution in [0.5, 0.6) is 0 Å². The molecule has 0 unspecified atom stereocenters. The largest absolute Gasteiger partial charge is 1.00 e. The summed E-state index contributed by atoms with van der Waals surface area (Å²) in [6.45, 7) is 16.4. The van der Waals surface area contributed by atoms with Gasteiger partial charge in [-0.2, -0.15) is 0 Å². The normalized spacial score (nSPS) is 11.6. The zero-order valence-corrected chi connectivity index (χ0v) is 54.7. The molecule has 4 heteroatoms. The summed E-state index contributed by atoms with van der Waals surface area (Å²) in [6.07, 6.45) is 68.7. The topological polar surface area (TPSA) is 0 Å². The molecular formula is C61H130BiCl2Sb. The minimum absolute atomic E-state index is 0. The van der Waals surface area contributed by atoms with E-state index >= 15 is 0 Å². The van der Waals surface area contributed by atoms with Gasteiger partial charge in [-0.25, -0.2) is 0 Å². The predicted octanol–water partition coefficient (Wildman–Crippen LogP) is 18.6. The second kappa shape index (κ2) is 62.4. The summed E-state index contributed by atoms with van der Waals surface area (Å²) in [6, 6.07) is 0. The molecule has 0 N–H and O–H groups in total. The van der Waals surface area contributed by atoms with Crippen LogP contribution in [-0.4, -0.2) is 39.1 Å². The van der Waals surface area contributed by atoms with Crippen molar-refractivity contribution in [2.75, 3.05) is 0 Å². The molecular weight excluding hydrogens is 1130 g/mol. The van der Waals surface area contributed by atoms with Crippen LogP contribution in [0, 0.1) is 0 Å². The summed E-state index contributed by atoms with van der Waals surface area (Å²) in [5, 5.41) is 0. The Morgan fingerprint density at radius 1 is 0.200 bits per heavy atom. The van der Waals surface area contributed by atoms with Gasteiger partial charge in [0.25, 0.3) is 0 Å². The fraction of sp³-hybridized carbons (Fsp3) is 1.00. The van der Waals surface area contributed by atoms with Gasteiger partial charge < -0.3 is 24.8 Å². The summed E-state index contributed by atoms with van der Waals surface area (Å²) < 4.78 is 14.9. The second-order valence-electron chi connectivity index (χ2n) is 21.8. The van der Waals surface area contributed by atoms with Crippen molar-refractivity contribution >= 4 is 39.1 Å². The van der Waals surface area contributed by atoms with Gasteiger partial charge in [-0.1, -0.05) is 0 Å². The average molecular weight is 1270 g/mol. The number of rotatable bonds is 53. The minimum atomic E-state index is -1.87. The molecule has 398 valence electrons. The van der Waals surface area contributed by atoms with E-state index in [-0.39, 0.29) is 24.8 Å². The van der Waals surface area contributed by atoms with Crippen LogP contribution in [0.25, 0.3) is 0 Å². The predicted molar refractivity (Wildman–Crippen MR) is 303 cm³/mol. The first-order valence-electron chi connectivity index (χ1n) is 30.6. The Morgan fingerprint density at radius 3 is 0.508 bits per heavy atom. The molecule has 0 spiro atoms. The Morgan fingerprint density at radius 2 is 0.338 bits per heavy atom. The van der Waals surface area contributed by atoms with E-state index in [1.54, 1.807) is 100 Å². The van der Waals surface area contributed by atoms with Crippen LogP contribution in [-0.2, 0) is 0 Å². The minimum Gasteiger partial charge on any atom is -1.00 e. The van der Waals surface area contributed by atoms with Crippen molar-refractivity contribution in [2.24, 2.45) is 0 Å². The van der Waals surface area contributed by atoms with E-state index in [1.165, 1.54) is 225 Å². The quantitative estimate of drug-likeness (QED) is 0.0421. The van der Waals surface area contributed by atoms with E-state index in [0.29, 0.717) is 0 Å². The smallest absolute Gasteiger partial charge is 1.00 e. The SMILES string of the molecule is CCCCCCCCCCC[CH2][Sb+]([CH2]CCCCCCC)([CH2]CCCCCCC)[CH2]CCCCCCC.CCCCCCCCC[CH2][Bi+]([CH3])([CH2]CCCCCC)[CH2]CCCCCC.[Cl-].[Cl-]. The average Bonchev–Trinajstić information content (AvgIpc) is 3.29. The third-order valence-corrected chi connectivity index (χ3v) is 45.8. The zero-order chi connectivity index (χ0) is 46.5. The molecule has 0 saturated carbocycles. The van der Waals surface area contributed by atoms with E-state index in [1.807, 2.05) is 0 Å². The van der Waals surface area contributed by atoms with Crippen molar-refractivity contribution in [1.82, 2.24) is 0 Å². The number of hydrogen-bond donors (Lipinski definition) is 0. The monoisotopic (exact) mass is 1260 g/mol. The molecule has 0 aromatic rings. The Labute approximate surface area is 438 Å². The van der Waals surface area contributed by atoms with E-state index in [2.05, 4.69) is 53.1 Å². The van der Waals surface area contributed by atoms with Gasteiger partial charge in [-0.15, -0.1) is 0 Å². The standard InChI is InChI=1S/C12H25.C10H21.3C8H17.2C7H15.CH3.Bi.2ClH.Sb/c1-3-5-7-9-11-12-10-8-6-4-2;1-3-5-7-9-10-8-6-4-2;3*1-3-5-7-8-6-4-2;2*1-3-5-7-6-4-2;;;;;/h1,3-12H2,2H3;1,3-10H2,2H3;3*1,3-8H2,2H3;2*1,3-7H2,2H3;1H3;;2*1H;/q;;;;;;;;+1;;;+1/p-2. The molecule has 0 radical (unpaired) electrons. The fourth-order valence-corrected chi connectivity index (χ4v) is 38.6.